The maximum atomic E-state index is 12.0. The average molecular weight is 303 g/mol. The molecule has 0 aliphatic rings. The van der Waals surface area contributed by atoms with E-state index in [9.17, 15) is 4.79 Å². The van der Waals surface area contributed by atoms with Crippen molar-refractivity contribution in [2.45, 2.75) is 26.8 Å². The number of rotatable bonds is 4. The fourth-order valence-corrected chi connectivity index (χ4v) is 2.21. The highest BCUT2D eigenvalue weighted by molar-refractivity contribution is 6.35. The minimum absolute atomic E-state index is 0.104. The zero-order valence-electron chi connectivity index (χ0n) is 11.7. The maximum absolute atomic E-state index is 12.0. The van der Waals surface area contributed by atoms with E-state index >= 15 is 0 Å². The molecule has 0 unspecified atom stereocenters. The molecule has 0 saturated heterocycles. The van der Waals surface area contributed by atoms with Gasteiger partial charge in [-0.2, -0.15) is 0 Å². The van der Waals surface area contributed by atoms with Gasteiger partial charge >= 0.3 is 6.03 Å². The summed E-state index contributed by atoms with van der Waals surface area (Å²) in [7, 11) is 1.76. The average Bonchev–Trinajstić information content (AvgIpc) is 2.34. The molecule has 1 aromatic carbocycles. The summed E-state index contributed by atoms with van der Waals surface area (Å²) in [4.78, 5) is 13.6. The number of benzene rings is 1. The van der Waals surface area contributed by atoms with E-state index in [4.69, 9.17) is 23.2 Å². The Morgan fingerprint density at radius 2 is 1.95 bits per heavy atom. The third-order valence-corrected chi connectivity index (χ3v) is 3.54. The van der Waals surface area contributed by atoms with Gasteiger partial charge in [-0.3, -0.25) is 0 Å². The van der Waals surface area contributed by atoms with E-state index in [2.05, 4.69) is 19.2 Å². The monoisotopic (exact) mass is 302 g/mol. The van der Waals surface area contributed by atoms with Crippen molar-refractivity contribution in [3.63, 3.8) is 0 Å². The van der Waals surface area contributed by atoms with Crippen molar-refractivity contribution in [1.82, 2.24) is 10.2 Å². The van der Waals surface area contributed by atoms with Crippen LogP contribution in [0.5, 0.6) is 0 Å². The Morgan fingerprint density at radius 1 is 1.32 bits per heavy atom. The lowest BCUT2D eigenvalue weighted by molar-refractivity contribution is 0.193. The summed E-state index contributed by atoms with van der Waals surface area (Å²) in [5.41, 5.74) is 0.883. The van der Waals surface area contributed by atoms with E-state index in [1.165, 1.54) is 0 Å². The first-order valence-electron chi connectivity index (χ1n) is 6.28. The van der Waals surface area contributed by atoms with Gasteiger partial charge in [0.1, 0.15) is 0 Å². The van der Waals surface area contributed by atoms with Crippen LogP contribution in [0, 0.1) is 5.92 Å². The molecular weight excluding hydrogens is 283 g/mol. The van der Waals surface area contributed by atoms with Gasteiger partial charge in [-0.1, -0.05) is 43.1 Å². The van der Waals surface area contributed by atoms with Gasteiger partial charge < -0.3 is 10.2 Å². The number of amides is 2. The molecule has 0 radical (unpaired) electrons. The molecule has 2 amide bonds. The van der Waals surface area contributed by atoms with Crippen molar-refractivity contribution in [1.29, 1.82) is 0 Å². The highest BCUT2D eigenvalue weighted by Gasteiger charge is 2.19. The minimum Gasteiger partial charge on any atom is -0.338 e. The summed E-state index contributed by atoms with van der Waals surface area (Å²) in [6.45, 7) is 6.70. The van der Waals surface area contributed by atoms with Crippen LogP contribution in [-0.4, -0.2) is 24.5 Å². The lowest BCUT2D eigenvalue weighted by atomic mass is 10.1. The van der Waals surface area contributed by atoms with Crippen molar-refractivity contribution in [3.05, 3.63) is 33.8 Å². The summed E-state index contributed by atoms with van der Waals surface area (Å²) in [6, 6.07) is 5.10. The topological polar surface area (TPSA) is 32.3 Å². The van der Waals surface area contributed by atoms with E-state index in [-0.39, 0.29) is 12.1 Å². The summed E-state index contributed by atoms with van der Waals surface area (Å²) < 4.78 is 0. The number of halogens is 2. The van der Waals surface area contributed by atoms with Crippen LogP contribution in [0.3, 0.4) is 0 Å². The fourth-order valence-electron chi connectivity index (χ4n) is 1.64. The molecule has 0 spiro atoms. The van der Waals surface area contributed by atoms with Crippen molar-refractivity contribution in [2.75, 3.05) is 13.6 Å². The zero-order valence-corrected chi connectivity index (χ0v) is 13.2. The molecule has 0 aliphatic carbocycles. The highest BCUT2D eigenvalue weighted by Crippen LogP contribution is 2.28. The van der Waals surface area contributed by atoms with E-state index in [1.54, 1.807) is 24.1 Å². The number of carbonyl (C=O) groups excluding carboxylic acids is 1. The van der Waals surface area contributed by atoms with Gasteiger partial charge in [0.05, 0.1) is 6.04 Å². The Kier molecular flexibility index (Phi) is 5.95. The van der Waals surface area contributed by atoms with Gasteiger partial charge in [-0.25, -0.2) is 4.79 Å². The van der Waals surface area contributed by atoms with Gasteiger partial charge in [0, 0.05) is 23.6 Å². The largest absolute Gasteiger partial charge is 0.338 e. The van der Waals surface area contributed by atoms with Gasteiger partial charge in [-0.05, 0) is 30.5 Å². The Hall–Kier alpha value is -0.930. The highest BCUT2D eigenvalue weighted by atomic mass is 35.5. The van der Waals surface area contributed by atoms with Crippen molar-refractivity contribution < 1.29 is 4.79 Å². The summed E-state index contributed by atoms with van der Waals surface area (Å²) >= 11 is 12.0. The molecule has 0 saturated carbocycles. The molecule has 0 fully saturated rings. The fraction of sp³-hybridized carbons (Fsp3) is 0.500. The van der Waals surface area contributed by atoms with Crippen LogP contribution in [0.25, 0.3) is 0 Å². The Balaban J connectivity index is 2.75. The van der Waals surface area contributed by atoms with Crippen LogP contribution in [-0.2, 0) is 0 Å². The lowest BCUT2D eigenvalue weighted by Crippen LogP contribution is -2.40. The Bertz CT molecular complexity index is 449. The van der Waals surface area contributed by atoms with Gasteiger partial charge in [-0.15, -0.1) is 0 Å². The molecular formula is C14H20Cl2N2O. The first-order valence-corrected chi connectivity index (χ1v) is 7.04. The Morgan fingerprint density at radius 3 is 2.47 bits per heavy atom. The second-order valence-corrected chi connectivity index (χ2v) is 5.88. The molecule has 1 aromatic rings. The standard InChI is InChI=1S/C14H20Cl2N2O/c1-9(2)8-17-14(19)18(4)10(3)12-6-5-11(15)7-13(12)16/h5-7,9-10H,8H2,1-4H3,(H,17,19)/t10-/m1/s1. The molecule has 1 rings (SSSR count). The predicted octanol–water partition coefficient (Wildman–Crippen LogP) is 4.35. The summed E-state index contributed by atoms with van der Waals surface area (Å²) in [6.07, 6.45) is 0. The van der Waals surface area contributed by atoms with Crippen LogP contribution in [0.1, 0.15) is 32.4 Å². The summed E-state index contributed by atoms with van der Waals surface area (Å²) in [5, 5.41) is 4.04. The second kappa shape index (κ2) is 7.01. The van der Waals surface area contributed by atoms with E-state index in [0.717, 1.165) is 5.56 Å². The number of hydrogen-bond donors (Lipinski definition) is 1. The number of urea groups is 1. The number of nitrogens with zero attached hydrogens (tertiary/aromatic N) is 1. The number of nitrogens with one attached hydrogen (secondary N) is 1. The predicted molar refractivity (Wildman–Crippen MR) is 80.9 cm³/mol. The number of carbonyl (C=O) groups is 1. The maximum Gasteiger partial charge on any atom is 0.317 e. The number of hydrogen-bond acceptors (Lipinski definition) is 1. The van der Waals surface area contributed by atoms with Crippen LogP contribution < -0.4 is 5.32 Å². The van der Waals surface area contributed by atoms with Crippen molar-refractivity contribution >= 4 is 29.2 Å². The molecule has 19 heavy (non-hydrogen) atoms. The molecule has 1 atom stereocenters. The summed E-state index contributed by atoms with van der Waals surface area (Å²) in [5.74, 6) is 0.423. The Labute approximate surface area is 124 Å². The molecule has 0 aromatic heterocycles. The van der Waals surface area contributed by atoms with E-state index in [0.29, 0.717) is 22.5 Å². The third kappa shape index (κ3) is 4.59. The van der Waals surface area contributed by atoms with Gasteiger partial charge in [0.25, 0.3) is 0 Å². The van der Waals surface area contributed by atoms with Crippen molar-refractivity contribution in [3.8, 4) is 0 Å². The van der Waals surface area contributed by atoms with Gasteiger partial charge in [0.2, 0.25) is 0 Å². The smallest absolute Gasteiger partial charge is 0.317 e. The quantitative estimate of drug-likeness (QED) is 0.881. The molecule has 0 aliphatic heterocycles. The van der Waals surface area contributed by atoms with Crippen molar-refractivity contribution in [2.24, 2.45) is 5.92 Å². The SMILES string of the molecule is CC(C)CNC(=O)N(C)[C@H](C)c1ccc(Cl)cc1Cl. The van der Waals surface area contributed by atoms with Crippen LogP contribution in [0.4, 0.5) is 4.79 Å². The van der Waals surface area contributed by atoms with Gasteiger partial charge in [0.15, 0.2) is 0 Å². The molecule has 0 heterocycles. The first kappa shape index (κ1) is 16.1. The molecule has 1 N–H and O–H groups in total. The van der Waals surface area contributed by atoms with E-state index in [1.807, 2.05) is 13.0 Å². The zero-order chi connectivity index (χ0) is 14.6. The molecule has 3 nitrogen and oxygen atoms in total. The molecule has 106 valence electrons. The van der Waals surface area contributed by atoms with Crippen LogP contribution in [0.15, 0.2) is 18.2 Å². The van der Waals surface area contributed by atoms with Crippen LogP contribution in [0.2, 0.25) is 10.0 Å². The van der Waals surface area contributed by atoms with Crippen LogP contribution >= 0.6 is 23.2 Å². The minimum atomic E-state index is -0.114. The molecule has 5 heteroatoms. The normalized spacial score (nSPS) is 12.4. The van der Waals surface area contributed by atoms with E-state index < -0.39 is 0 Å². The third-order valence-electron chi connectivity index (χ3n) is 2.98. The molecule has 0 bridgehead atoms. The lowest BCUT2D eigenvalue weighted by Gasteiger charge is -2.26. The first-order chi connectivity index (χ1) is 8.82. The second-order valence-electron chi connectivity index (χ2n) is 5.03.